The third kappa shape index (κ3) is 2.35. The fourth-order valence-corrected chi connectivity index (χ4v) is 4.48. The Morgan fingerprint density at radius 3 is 2.70 bits per heavy atom. The highest BCUT2D eigenvalue weighted by Crippen LogP contribution is 2.33. The molecular formula is C14H21N5S. The van der Waals surface area contributed by atoms with Crippen LogP contribution in [0.2, 0.25) is 0 Å². The number of nitrogens with zero attached hydrogens (tertiary/aromatic N) is 4. The normalized spacial score (nSPS) is 22.0. The number of nitrogens with one attached hydrogen (secondary N) is 1. The average Bonchev–Trinajstić information content (AvgIpc) is 3.15. The third-order valence-electron chi connectivity index (χ3n) is 4.70. The Balaban J connectivity index is 1.55. The summed E-state index contributed by atoms with van der Waals surface area (Å²) in [6, 6.07) is 0. The zero-order chi connectivity index (χ0) is 13.4. The zero-order valence-corrected chi connectivity index (χ0v) is 12.5. The molecule has 2 aromatic heterocycles. The van der Waals surface area contributed by atoms with Crippen molar-refractivity contribution in [2.24, 2.45) is 5.92 Å². The van der Waals surface area contributed by atoms with E-state index in [0.29, 0.717) is 5.92 Å². The van der Waals surface area contributed by atoms with E-state index in [4.69, 9.17) is 5.10 Å². The Labute approximate surface area is 122 Å². The van der Waals surface area contributed by atoms with Gasteiger partial charge in [0.15, 0.2) is 5.82 Å². The molecule has 1 saturated carbocycles. The Morgan fingerprint density at radius 2 is 1.90 bits per heavy atom. The largest absolute Gasteiger partial charge is 0.317 e. The zero-order valence-electron chi connectivity index (χ0n) is 11.7. The van der Waals surface area contributed by atoms with E-state index in [2.05, 4.69) is 15.5 Å². The summed E-state index contributed by atoms with van der Waals surface area (Å²) in [6.07, 6.45) is 8.81. The molecule has 1 aliphatic heterocycles. The highest BCUT2D eigenvalue weighted by molar-refractivity contribution is 7.16. The molecule has 5 nitrogen and oxygen atoms in total. The monoisotopic (exact) mass is 291 g/mol. The van der Waals surface area contributed by atoms with Crippen molar-refractivity contribution in [1.29, 1.82) is 0 Å². The molecule has 0 unspecified atom stereocenters. The van der Waals surface area contributed by atoms with Crippen LogP contribution in [0.15, 0.2) is 0 Å². The Morgan fingerprint density at radius 1 is 1.10 bits per heavy atom. The molecule has 1 aliphatic carbocycles. The van der Waals surface area contributed by atoms with Crippen molar-refractivity contribution in [1.82, 2.24) is 25.1 Å². The first-order chi connectivity index (χ1) is 9.90. The minimum atomic E-state index is 0.582. The van der Waals surface area contributed by atoms with Gasteiger partial charge in [-0.15, -0.1) is 10.2 Å². The van der Waals surface area contributed by atoms with Gasteiger partial charge in [-0.2, -0.15) is 9.61 Å². The van der Waals surface area contributed by atoms with Crippen LogP contribution in [0.25, 0.3) is 4.96 Å². The van der Waals surface area contributed by atoms with Crippen LogP contribution >= 0.6 is 11.3 Å². The SMILES string of the molecule is C1CCC(c2nnc3sc(CC4CCNCC4)nn23)C1. The van der Waals surface area contributed by atoms with E-state index in [0.717, 1.165) is 36.2 Å². The Hall–Kier alpha value is -1.01. The fraction of sp³-hybridized carbons (Fsp3) is 0.786. The van der Waals surface area contributed by atoms with Gasteiger partial charge in [-0.05, 0) is 44.7 Å². The van der Waals surface area contributed by atoms with Crippen molar-refractivity contribution >= 4 is 16.3 Å². The second-order valence-corrected chi connectivity index (χ2v) is 7.17. The highest BCUT2D eigenvalue weighted by atomic mass is 32.1. The van der Waals surface area contributed by atoms with Gasteiger partial charge in [-0.3, -0.25) is 0 Å². The van der Waals surface area contributed by atoms with Crippen molar-refractivity contribution in [3.8, 4) is 0 Å². The quantitative estimate of drug-likeness (QED) is 0.943. The van der Waals surface area contributed by atoms with Crippen LogP contribution in [0.3, 0.4) is 0 Å². The molecule has 0 bridgehead atoms. The number of aromatic nitrogens is 4. The molecule has 3 heterocycles. The van der Waals surface area contributed by atoms with Crippen LogP contribution in [0.1, 0.15) is 55.3 Å². The lowest BCUT2D eigenvalue weighted by Gasteiger charge is -2.21. The van der Waals surface area contributed by atoms with Gasteiger partial charge in [0.2, 0.25) is 4.96 Å². The molecule has 4 rings (SSSR count). The number of rotatable bonds is 3. The van der Waals surface area contributed by atoms with Gasteiger partial charge in [-0.1, -0.05) is 24.2 Å². The van der Waals surface area contributed by atoms with E-state index in [9.17, 15) is 0 Å². The molecule has 1 N–H and O–H groups in total. The van der Waals surface area contributed by atoms with Gasteiger partial charge in [0.1, 0.15) is 5.01 Å². The van der Waals surface area contributed by atoms with Gasteiger partial charge in [0.05, 0.1) is 0 Å². The van der Waals surface area contributed by atoms with Crippen LogP contribution in [-0.2, 0) is 6.42 Å². The molecule has 0 radical (unpaired) electrons. The molecule has 0 amide bonds. The van der Waals surface area contributed by atoms with Crippen molar-refractivity contribution in [3.63, 3.8) is 0 Å². The maximum Gasteiger partial charge on any atom is 0.234 e. The summed E-state index contributed by atoms with van der Waals surface area (Å²) in [6.45, 7) is 2.31. The van der Waals surface area contributed by atoms with Crippen LogP contribution in [0.5, 0.6) is 0 Å². The minimum absolute atomic E-state index is 0.582. The van der Waals surface area contributed by atoms with E-state index in [1.807, 2.05) is 4.52 Å². The Kier molecular flexibility index (Phi) is 3.44. The standard InChI is InChI=1S/C14H21N5S/c1-2-4-11(3-1)13-16-17-14-19(13)18-12(20-14)9-10-5-7-15-8-6-10/h10-11,15H,1-9H2. The van der Waals surface area contributed by atoms with Gasteiger partial charge in [-0.25, -0.2) is 0 Å². The van der Waals surface area contributed by atoms with E-state index in [1.54, 1.807) is 11.3 Å². The average molecular weight is 291 g/mol. The molecule has 2 fully saturated rings. The van der Waals surface area contributed by atoms with Crippen LogP contribution in [0, 0.1) is 5.92 Å². The molecule has 2 aliphatic rings. The van der Waals surface area contributed by atoms with E-state index >= 15 is 0 Å². The smallest absolute Gasteiger partial charge is 0.234 e. The van der Waals surface area contributed by atoms with Crippen molar-refractivity contribution in [3.05, 3.63) is 10.8 Å². The molecule has 2 aromatic rings. The Bertz CT molecular complexity index is 577. The molecule has 6 heteroatoms. The van der Waals surface area contributed by atoms with Crippen molar-refractivity contribution in [2.75, 3.05) is 13.1 Å². The summed E-state index contributed by atoms with van der Waals surface area (Å²) in [4.78, 5) is 0.982. The van der Waals surface area contributed by atoms with Gasteiger partial charge in [0, 0.05) is 12.3 Å². The second kappa shape index (κ2) is 5.41. The van der Waals surface area contributed by atoms with Gasteiger partial charge >= 0.3 is 0 Å². The van der Waals surface area contributed by atoms with Gasteiger partial charge < -0.3 is 5.32 Å². The summed E-state index contributed by atoms with van der Waals surface area (Å²) in [5.74, 6) is 2.47. The first-order valence-electron chi connectivity index (χ1n) is 7.82. The lowest BCUT2D eigenvalue weighted by Crippen LogP contribution is -2.28. The summed E-state index contributed by atoms with van der Waals surface area (Å²) < 4.78 is 2.02. The molecule has 0 atom stereocenters. The predicted octanol–water partition coefficient (Wildman–Crippen LogP) is 2.39. The lowest BCUT2D eigenvalue weighted by atomic mass is 9.95. The maximum atomic E-state index is 4.80. The van der Waals surface area contributed by atoms with Crippen molar-refractivity contribution < 1.29 is 0 Å². The molecule has 1 saturated heterocycles. The summed E-state index contributed by atoms with van der Waals surface area (Å²) in [5.41, 5.74) is 0. The van der Waals surface area contributed by atoms with E-state index in [-0.39, 0.29) is 0 Å². The number of fused-ring (bicyclic) bond motifs is 1. The molecule has 20 heavy (non-hydrogen) atoms. The molecular weight excluding hydrogens is 270 g/mol. The molecule has 0 spiro atoms. The van der Waals surface area contributed by atoms with Gasteiger partial charge in [0.25, 0.3) is 0 Å². The topological polar surface area (TPSA) is 55.1 Å². The van der Waals surface area contributed by atoms with E-state index < -0.39 is 0 Å². The second-order valence-electron chi connectivity index (χ2n) is 6.13. The minimum Gasteiger partial charge on any atom is -0.317 e. The first kappa shape index (κ1) is 12.7. The van der Waals surface area contributed by atoms with E-state index in [1.165, 1.54) is 43.5 Å². The number of hydrogen-bond acceptors (Lipinski definition) is 5. The summed E-state index contributed by atoms with van der Waals surface area (Å²) >= 11 is 1.73. The fourth-order valence-electron chi connectivity index (χ4n) is 3.53. The molecule has 108 valence electrons. The third-order valence-corrected chi connectivity index (χ3v) is 5.62. The predicted molar refractivity (Wildman–Crippen MR) is 79.2 cm³/mol. The number of hydrogen-bond donors (Lipinski definition) is 1. The highest BCUT2D eigenvalue weighted by Gasteiger charge is 2.24. The van der Waals surface area contributed by atoms with Crippen LogP contribution in [-0.4, -0.2) is 32.9 Å². The first-order valence-corrected chi connectivity index (χ1v) is 8.63. The van der Waals surface area contributed by atoms with Crippen LogP contribution in [0.4, 0.5) is 0 Å². The lowest BCUT2D eigenvalue weighted by molar-refractivity contribution is 0.371. The van der Waals surface area contributed by atoms with Crippen molar-refractivity contribution in [2.45, 2.75) is 50.9 Å². The number of piperidine rings is 1. The maximum absolute atomic E-state index is 4.80. The van der Waals surface area contributed by atoms with Crippen LogP contribution < -0.4 is 5.32 Å². The molecule has 0 aromatic carbocycles. The summed E-state index contributed by atoms with van der Waals surface area (Å²) in [7, 11) is 0. The summed E-state index contributed by atoms with van der Waals surface area (Å²) in [5, 5.41) is 18.2.